The molecule has 2 fully saturated rings. The third-order valence-corrected chi connectivity index (χ3v) is 7.72. The van der Waals surface area contributed by atoms with Crippen LogP contribution in [-0.2, 0) is 19.6 Å². The Morgan fingerprint density at radius 1 is 1.32 bits per heavy atom. The number of thiazole rings is 1. The molecule has 2 saturated heterocycles. The molecule has 2 atom stereocenters. The number of hydrogen-bond donors (Lipinski definition) is 0. The van der Waals surface area contributed by atoms with Crippen molar-refractivity contribution in [1.82, 2.24) is 9.29 Å². The van der Waals surface area contributed by atoms with Crippen LogP contribution >= 0.6 is 11.3 Å². The van der Waals surface area contributed by atoms with Crippen LogP contribution in [-0.4, -0.2) is 62.2 Å². The molecule has 1 amide bonds. The van der Waals surface area contributed by atoms with E-state index in [2.05, 4.69) is 4.98 Å². The first-order valence-corrected chi connectivity index (χ1v) is 12.3. The Balaban J connectivity index is 1.61. The van der Waals surface area contributed by atoms with Gasteiger partial charge in [-0.25, -0.2) is 17.7 Å². The van der Waals surface area contributed by atoms with Crippen molar-refractivity contribution in [2.75, 3.05) is 37.4 Å². The minimum absolute atomic E-state index is 0.00515. The number of hydrogen-bond acceptors (Lipinski definition) is 6. The molecule has 0 radical (unpaired) electrons. The number of ether oxygens (including phenoxy) is 1. The van der Waals surface area contributed by atoms with Crippen molar-refractivity contribution in [3.8, 4) is 0 Å². The molecule has 0 aliphatic carbocycles. The van der Waals surface area contributed by atoms with Gasteiger partial charge in [0, 0.05) is 19.7 Å². The smallest absolute Gasteiger partial charge is 0.233 e. The zero-order valence-electron chi connectivity index (χ0n) is 15.9. The fourth-order valence-electron chi connectivity index (χ4n) is 3.90. The summed E-state index contributed by atoms with van der Waals surface area (Å²) in [5.41, 5.74) is 0.869. The van der Waals surface area contributed by atoms with Crippen LogP contribution < -0.4 is 4.90 Å². The lowest BCUT2D eigenvalue weighted by atomic mass is 9.98. The number of carbonyl (C=O) groups is 1. The van der Waals surface area contributed by atoms with Gasteiger partial charge >= 0.3 is 0 Å². The topological polar surface area (TPSA) is 79.8 Å². The number of fused-ring (bicyclic) bond motifs is 1. The Bertz CT molecular complexity index is 920. The molecular formula is C19H25N3O4S2. The molecule has 0 spiro atoms. The molecule has 0 bridgehead atoms. The Hall–Kier alpha value is -1.55. The van der Waals surface area contributed by atoms with Gasteiger partial charge in [-0.2, -0.15) is 0 Å². The van der Waals surface area contributed by atoms with E-state index in [4.69, 9.17) is 4.74 Å². The van der Waals surface area contributed by atoms with Crippen molar-refractivity contribution in [1.29, 1.82) is 0 Å². The largest absolute Gasteiger partial charge is 0.376 e. The molecule has 2 aliphatic heterocycles. The first-order valence-electron chi connectivity index (χ1n) is 9.65. The summed E-state index contributed by atoms with van der Waals surface area (Å²) >= 11 is 1.49. The van der Waals surface area contributed by atoms with E-state index < -0.39 is 10.0 Å². The molecule has 0 saturated carbocycles. The van der Waals surface area contributed by atoms with Gasteiger partial charge in [0.25, 0.3) is 0 Å². The van der Waals surface area contributed by atoms with Crippen molar-refractivity contribution >= 4 is 42.6 Å². The highest BCUT2D eigenvalue weighted by Crippen LogP contribution is 2.32. The highest BCUT2D eigenvalue weighted by atomic mass is 32.2. The second kappa shape index (κ2) is 8.06. The van der Waals surface area contributed by atoms with Gasteiger partial charge in [0.2, 0.25) is 15.9 Å². The average Bonchev–Trinajstić information content (AvgIpc) is 3.34. The lowest BCUT2D eigenvalue weighted by molar-refractivity contribution is -0.123. The molecule has 7 nitrogen and oxygen atoms in total. The Kier molecular flexibility index (Phi) is 5.69. The lowest BCUT2D eigenvalue weighted by Crippen LogP contribution is -2.48. The average molecular weight is 424 g/mol. The third-order valence-electron chi connectivity index (χ3n) is 5.39. The Morgan fingerprint density at radius 2 is 2.14 bits per heavy atom. The maximum Gasteiger partial charge on any atom is 0.233 e. The number of amides is 1. The van der Waals surface area contributed by atoms with Crippen molar-refractivity contribution in [3.63, 3.8) is 0 Å². The van der Waals surface area contributed by atoms with Crippen LogP contribution in [0, 0.1) is 5.92 Å². The van der Waals surface area contributed by atoms with Gasteiger partial charge in [-0.1, -0.05) is 23.5 Å². The maximum absolute atomic E-state index is 13.5. The summed E-state index contributed by atoms with van der Waals surface area (Å²) < 4.78 is 32.1. The molecule has 3 heterocycles. The van der Waals surface area contributed by atoms with Crippen molar-refractivity contribution in [3.05, 3.63) is 24.3 Å². The highest BCUT2D eigenvalue weighted by molar-refractivity contribution is 7.88. The summed E-state index contributed by atoms with van der Waals surface area (Å²) in [6.07, 6.45) is 4.52. The third kappa shape index (κ3) is 4.22. The lowest BCUT2D eigenvalue weighted by Gasteiger charge is -2.33. The van der Waals surface area contributed by atoms with Gasteiger partial charge in [0.15, 0.2) is 5.13 Å². The van der Waals surface area contributed by atoms with Crippen LogP contribution in [0.3, 0.4) is 0 Å². The minimum Gasteiger partial charge on any atom is -0.376 e. The first kappa shape index (κ1) is 19.8. The van der Waals surface area contributed by atoms with Crippen molar-refractivity contribution < 1.29 is 17.9 Å². The van der Waals surface area contributed by atoms with Crippen LogP contribution in [0.5, 0.6) is 0 Å². The summed E-state index contributed by atoms with van der Waals surface area (Å²) in [4.78, 5) is 19.9. The fourth-order valence-corrected chi connectivity index (χ4v) is 5.79. The van der Waals surface area contributed by atoms with Crippen LogP contribution in [0.15, 0.2) is 24.3 Å². The maximum atomic E-state index is 13.5. The van der Waals surface area contributed by atoms with Gasteiger partial charge in [0.05, 0.1) is 35.0 Å². The van der Waals surface area contributed by atoms with Crippen LogP contribution in [0.1, 0.15) is 25.7 Å². The van der Waals surface area contributed by atoms with E-state index >= 15 is 0 Å². The van der Waals surface area contributed by atoms with Crippen LogP contribution in [0.4, 0.5) is 5.13 Å². The standard InChI is InChI=1S/C19H25N3O4S2/c1-28(24,25)21-10-4-6-14(12-21)18(23)22(13-15-7-5-11-26-15)19-20-16-8-2-3-9-17(16)27-19/h2-3,8-9,14-15H,4-7,10-13H2,1H3/t14-,15-/m1/s1. The van der Waals surface area contributed by atoms with E-state index in [9.17, 15) is 13.2 Å². The number of sulfonamides is 1. The zero-order valence-corrected chi connectivity index (χ0v) is 17.5. The highest BCUT2D eigenvalue weighted by Gasteiger charge is 2.35. The Morgan fingerprint density at radius 3 is 2.86 bits per heavy atom. The molecule has 0 N–H and O–H groups in total. The fraction of sp³-hybridized carbons (Fsp3) is 0.579. The molecule has 0 unspecified atom stereocenters. The number of piperidine rings is 1. The summed E-state index contributed by atoms with van der Waals surface area (Å²) in [6.45, 7) is 1.91. The number of aromatic nitrogens is 1. The number of anilines is 1. The molecule has 152 valence electrons. The number of carbonyl (C=O) groups excluding carboxylic acids is 1. The molecule has 28 heavy (non-hydrogen) atoms. The second-order valence-electron chi connectivity index (χ2n) is 7.51. The predicted octanol–water partition coefficient (Wildman–Crippen LogP) is 2.48. The number of rotatable bonds is 5. The summed E-state index contributed by atoms with van der Waals surface area (Å²) in [5.74, 6) is -0.403. The van der Waals surface area contributed by atoms with E-state index in [1.165, 1.54) is 21.9 Å². The number of para-hydroxylation sites is 1. The van der Waals surface area contributed by atoms with Gasteiger partial charge in [-0.15, -0.1) is 0 Å². The summed E-state index contributed by atoms with van der Waals surface area (Å²) in [5, 5.41) is 0.665. The van der Waals surface area contributed by atoms with Gasteiger partial charge in [-0.05, 0) is 37.8 Å². The molecule has 2 aromatic rings. The molecule has 1 aromatic carbocycles. The van der Waals surface area contributed by atoms with Gasteiger partial charge in [0.1, 0.15) is 0 Å². The molecule has 4 rings (SSSR count). The van der Waals surface area contributed by atoms with E-state index in [1.807, 2.05) is 24.3 Å². The molecule has 9 heteroatoms. The normalized spacial score (nSPS) is 23.9. The first-order chi connectivity index (χ1) is 13.4. The SMILES string of the molecule is CS(=O)(=O)N1CCC[C@@H](C(=O)N(C[C@H]2CCCO2)c2nc3ccccc3s2)C1. The minimum atomic E-state index is -3.30. The predicted molar refractivity (Wildman–Crippen MR) is 110 cm³/mol. The molecular weight excluding hydrogens is 398 g/mol. The number of benzene rings is 1. The van der Waals surface area contributed by atoms with Gasteiger partial charge < -0.3 is 4.74 Å². The van der Waals surface area contributed by atoms with Gasteiger partial charge in [-0.3, -0.25) is 9.69 Å². The summed E-state index contributed by atoms with van der Waals surface area (Å²) in [7, 11) is -3.30. The van der Waals surface area contributed by atoms with Crippen LogP contribution in [0.2, 0.25) is 0 Å². The quantitative estimate of drug-likeness (QED) is 0.738. The molecule has 2 aliphatic rings. The second-order valence-corrected chi connectivity index (χ2v) is 10.5. The van der Waals surface area contributed by atoms with E-state index in [0.29, 0.717) is 31.1 Å². The van der Waals surface area contributed by atoms with E-state index in [-0.39, 0.29) is 24.5 Å². The van der Waals surface area contributed by atoms with E-state index in [1.54, 1.807) is 4.90 Å². The zero-order chi connectivity index (χ0) is 19.7. The monoisotopic (exact) mass is 423 g/mol. The van der Waals surface area contributed by atoms with E-state index in [0.717, 1.165) is 29.7 Å². The van der Waals surface area contributed by atoms with Crippen LogP contribution in [0.25, 0.3) is 10.2 Å². The Labute approximate surface area is 169 Å². The molecule has 1 aromatic heterocycles. The van der Waals surface area contributed by atoms with Crippen molar-refractivity contribution in [2.45, 2.75) is 31.8 Å². The summed E-state index contributed by atoms with van der Waals surface area (Å²) in [6, 6.07) is 7.83. The number of nitrogens with zero attached hydrogens (tertiary/aromatic N) is 3. The van der Waals surface area contributed by atoms with Crippen molar-refractivity contribution in [2.24, 2.45) is 5.92 Å².